The molecular formula is C17H17BrClN3O2S. The van der Waals surface area contributed by atoms with Crippen molar-refractivity contribution in [3.8, 4) is 0 Å². The van der Waals surface area contributed by atoms with Gasteiger partial charge in [-0.3, -0.25) is 19.5 Å². The standard InChI is InChI=1S/C17H16ClN3O2S.BrH/c1-3-8-19-17-21(9-4-2)16(23)14(24-17)11-15(22)20-13-7-5-6-12(18)10-13;/h3-7,10-11H,1-2,8-9H2,(H,20,22);1H/b14-11-,19-17?;. The second-order valence-electron chi connectivity index (χ2n) is 4.73. The first-order valence-corrected chi connectivity index (χ1v) is 8.28. The van der Waals surface area contributed by atoms with Crippen molar-refractivity contribution in [3.05, 3.63) is 65.6 Å². The Morgan fingerprint density at radius 2 is 2.12 bits per heavy atom. The SMILES string of the molecule is Br.C=CCN=C1S/C(=C\C(=O)Nc2cccc(Cl)c2)C(=O)N1CC=C. The van der Waals surface area contributed by atoms with Gasteiger partial charge in [-0.15, -0.1) is 30.1 Å². The average molecular weight is 443 g/mol. The lowest BCUT2D eigenvalue weighted by Gasteiger charge is -2.12. The minimum absolute atomic E-state index is 0. The van der Waals surface area contributed by atoms with Crippen molar-refractivity contribution in [2.24, 2.45) is 4.99 Å². The van der Waals surface area contributed by atoms with Crippen molar-refractivity contribution in [3.63, 3.8) is 0 Å². The summed E-state index contributed by atoms with van der Waals surface area (Å²) < 4.78 is 0. The number of carbonyl (C=O) groups excluding carboxylic acids is 2. The van der Waals surface area contributed by atoms with Crippen LogP contribution in [-0.2, 0) is 9.59 Å². The molecular weight excluding hydrogens is 426 g/mol. The summed E-state index contributed by atoms with van der Waals surface area (Å²) in [5, 5.41) is 3.72. The van der Waals surface area contributed by atoms with Crippen LogP contribution in [0.5, 0.6) is 0 Å². The van der Waals surface area contributed by atoms with Gasteiger partial charge in [0.25, 0.3) is 5.91 Å². The first kappa shape index (κ1) is 21.2. The van der Waals surface area contributed by atoms with Crippen LogP contribution in [0.2, 0.25) is 5.02 Å². The Morgan fingerprint density at radius 1 is 1.36 bits per heavy atom. The summed E-state index contributed by atoms with van der Waals surface area (Å²) in [7, 11) is 0. The number of amidine groups is 1. The summed E-state index contributed by atoms with van der Waals surface area (Å²) in [6.07, 6.45) is 4.51. The van der Waals surface area contributed by atoms with Crippen LogP contribution < -0.4 is 5.32 Å². The fraction of sp³-hybridized carbons (Fsp3) is 0.118. The zero-order chi connectivity index (χ0) is 17.5. The molecule has 2 rings (SSSR count). The molecule has 0 aromatic heterocycles. The first-order valence-electron chi connectivity index (χ1n) is 7.09. The van der Waals surface area contributed by atoms with Gasteiger partial charge in [-0.25, -0.2) is 0 Å². The Balaban J connectivity index is 0.00000312. The van der Waals surface area contributed by atoms with Crippen molar-refractivity contribution >= 4 is 63.0 Å². The van der Waals surface area contributed by atoms with Gasteiger partial charge < -0.3 is 5.32 Å². The first-order chi connectivity index (χ1) is 11.5. The fourth-order valence-electron chi connectivity index (χ4n) is 1.92. The number of benzene rings is 1. The van der Waals surface area contributed by atoms with E-state index in [2.05, 4.69) is 23.5 Å². The molecule has 1 aliphatic heterocycles. The third-order valence-electron chi connectivity index (χ3n) is 2.91. The van der Waals surface area contributed by atoms with E-state index in [1.54, 1.807) is 36.4 Å². The highest BCUT2D eigenvalue weighted by Gasteiger charge is 2.32. The molecule has 5 nitrogen and oxygen atoms in total. The number of aliphatic imine (C=N–C) groups is 1. The number of rotatable bonds is 6. The second kappa shape index (κ2) is 10.2. The molecule has 1 heterocycles. The Bertz CT molecular complexity index is 749. The molecule has 1 aromatic carbocycles. The van der Waals surface area contributed by atoms with E-state index in [9.17, 15) is 9.59 Å². The largest absolute Gasteiger partial charge is 0.322 e. The summed E-state index contributed by atoms with van der Waals surface area (Å²) in [6.45, 7) is 7.96. The number of nitrogens with zero attached hydrogens (tertiary/aromatic N) is 2. The van der Waals surface area contributed by atoms with E-state index in [4.69, 9.17) is 11.6 Å². The van der Waals surface area contributed by atoms with Crippen molar-refractivity contribution < 1.29 is 9.59 Å². The highest BCUT2D eigenvalue weighted by molar-refractivity contribution is 8.93. The van der Waals surface area contributed by atoms with Crippen LogP contribution in [0.3, 0.4) is 0 Å². The van der Waals surface area contributed by atoms with E-state index < -0.39 is 5.91 Å². The number of carbonyl (C=O) groups is 2. The van der Waals surface area contributed by atoms with Gasteiger partial charge in [0.05, 0.1) is 11.4 Å². The van der Waals surface area contributed by atoms with Crippen LogP contribution in [0.4, 0.5) is 5.69 Å². The lowest BCUT2D eigenvalue weighted by Crippen LogP contribution is -2.29. The van der Waals surface area contributed by atoms with E-state index in [1.165, 1.54) is 11.0 Å². The monoisotopic (exact) mass is 441 g/mol. The topological polar surface area (TPSA) is 61.8 Å². The minimum atomic E-state index is -0.406. The maximum atomic E-state index is 12.4. The zero-order valence-corrected chi connectivity index (χ0v) is 16.6. The molecule has 1 fully saturated rings. The smallest absolute Gasteiger partial charge is 0.267 e. The number of hydrogen-bond acceptors (Lipinski definition) is 4. The Labute approximate surface area is 166 Å². The van der Waals surface area contributed by atoms with Gasteiger partial charge in [-0.2, -0.15) is 0 Å². The lowest BCUT2D eigenvalue weighted by molar-refractivity contribution is -0.122. The zero-order valence-electron chi connectivity index (χ0n) is 13.3. The van der Waals surface area contributed by atoms with Crippen molar-refractivity contribution in [2.75, 3.05) is 18.4 Å². The van der Waals surface area contributed by atoms with Crippen molar-refractivity contribution in [2.45, 2.75) is 0 Å². The molecule has 0 saturated carbocycles. The molecule has 25 heavy (non-hydrogen) atoms. The Morgan fingerprint density at radius 3 is 2.76 bits per heavy atom. The number of nitrogens with one attached hydrogen (secondary N) is 1. The summed E-state index contributed by atoms with van der Waals surface area (Å²) in [5.41, 5.74) is 0.559. The van der Waals surface area contributed by atoms with Gasteiger partial charge >= 0.3 is 0 Å². The summed E-state index contributed by atoms with van der Waals surface area (Å²) >= 11 is 7.03. The quantitative estimate of drug-likeness (QED) is 0.534. The molecule has 0 aliphatic carbocycles. The van der Waals surface area contributed by atoms with Gasteiger partial charge in [0.1, 0.15) is 0 Å². The number of anilines is 1. The van der Waals surface area contributed by atoms with E-state index in [-0.39, 0.29) is 22.9 Å². The van der Waals surface area contributed by atoms with Crippen molar-refractivity contribution in [1.82, 2.24) is 4.90 Å². The highest BCUT2D eigenvalue weighted by Crippen LogP contribution is 2.30. The third kappa shape index (κ3) is 5.88. The molecule has 1 N–H and O–H groups in total. The van der Waals surface area contributed by atoms with E-state index in [1.807, 2.05) is 0 Å². The molecule has 0 atom stereocenters. The Hall–Kier alpha value is -1.83. The van der Waals surface area contributed by atoms with E-state index in [0.29, 0.717) is 33.9 Å². The van der Waals surface area contributed by atoms with E-state index >= 15 is 0 Å². The molecule has 1 saturated heterocycles. The van der Waals surface area contributed by atoms with E-state index in [0.717, 1.165) is 11.8 Å². The number of halogens is 2. The summed E-state index contributed by atoms with van der Waals surface area (Å²) in [6, 6.07) is 6.78. The molecule has 0 spiro atoms. The van der Waals surface area contributed by atoms with Gasteiger partial charge in [0.2, 0.25) is 5.91 Å². The molecule has 0 radical (unpaired) electrons. The lowest BCUT2D eigenvalue weighted by atomic mass is 10.3. The minimum Gasteiger partial charge on any atom is -0.322 e. The van der Waals surface area contributed by atoms with Crippen LogP contribution in [0.25, 0.3) is 0 Å². The number of amides is 2. The molecule has 1 aliphatic rings. The number of thioether (sulfide) groups is 1. The molecule has 2 amide bonds. The van der Waals surface area contributed by atoms with Gasteiger partial charge in [0.15, 0.2) is 5.17 Å². The van der Waals surface area contributed by atoms with Crippen LogP contribution in [-0.4, -0.2) is 35.0 Å². The predicted molar refractivity (Wildman–Crippen MR) is 110 cm³/mol. The van der Waals surface area contributed by atoms with Crippen LogP contribution in [0.1, 0.15) is 0 Å². The molecule has 0 unspecified atom stereocenters. The predicted octanol–water partition coefficient (Wildman–Crippen LogP) is 4.04. The summed E-state index contributed by atoms with van der Waals surface area (Å²) in [5.74, 6) is -0.680. The maximum Gasteiger partial charge on any atom is 0.267 e. The van der Waals surface area contributed by atoms with Crippen LogP contribution in [0.15, 0.2) is 65.5 Å². The fourth-order valence-corrected chi connectivity index (χ4v) is 3.08. The van der Waals surface area contributed by atoms with Gasteiger partial charge in [0, 0.05) is 23.3 Å². The molecule has 132 valence electrons. The molecule has 0 bridgehead atoms. The van der Waals surface area contributed by atoms with Gasteiger partial charge in [-0.05, 0) is 30.0 Å². The molecule has 1 aromatic rings. The second-order valence-corrected chi connectivity index (χ2v) is 6.17. The maximum absolute atomic E-state index is 12.4. The molecule has 8 heteroatoms. The normalized spacial score (nSPS) is 16.7. The van der Waals surface area contributed by atoms with Crippen LogP contribution >= 0.6 is 40.3 Å². The van der Waals surface area contributed by atoms with Gasteiger partial charge in [-0.1, -0.05) is 29.8 Å². The van der Waals surface area contributed by atoms with Crippen LogP contribution in [0, 0.1) is 0 Å². The van der Waals surface area contributed by atoms with Crippen molar-refractivity contribution in [1.29, 1.82) is 0 Å². The number of hydrogen-bond donors (Lipinski definition) is 1. The average Bonchev–Trinajstić information content (AvgIpc) is 2.82. The highest BCUT2D eigenvalue weighted by atomic mass is 79.9. The Kier molecular flexibility index (Phi) is 8.68. The summed E-state index contributed by atoms with van der Waals surface area (Å²) in [4.78, 5) is 30.6. The third-order valence-corrected chi connectivity index (χ3v) is 4.19.